The molecule has 3 atom stereocenters. The van der Waals surface area contributed by atoms with Crippen molar-refractivity contribution in [3.63, 3.8) is 0 Å². The predicted molar refractivity (Wildman–Crippen MR) is 55.1 cm³/mol. The average molecular weight is 168 g/mol. The van der Waals surface area contributed by atoms with Crippen LogP contribution in [0.3, 0.4) is 0 Å². The van der Waals surface area contributed by atoms with Gasteiger partial charge in [0.25, 0.3) is 0 Å². The zero-order valence-electron chi connectivity index (χ0n) is 9.35. The predicted octanol–water partition coefficient (Wildman–Crippen LogP) is 4.10. The minimum absolute atomic E-state index is 0.540. The van der Waals surface area contributed by atoms with Crippen molar-refractivity contribution in [2.45, 2.75) is 53.9 Å². The second-order valence-electron chi connectivity index (χ2n) is 5.93. The smallest absolute Gasteiger partial charge is 0.0383 e. The molecule has 12 heavy (non-hydrogen) atoms. The van der Waals surface area contributed by atoms with Gasteiger partial charge in [-0.15, -0.1) is 0 Å². The van der Waals surface area contributed by atoms with E-state index in [-0.39, 0.29) is 0 Å². The molecule has 1 fully saturated rings. The Morgan fingerprint density at radius 1 is 1.17 bits per heavy atom. The maximum Gasteiger partial charge on any atom is -0.0383 e. The van der Waals surface area contributed by atoms with E-state index in [4.69, 9.17) is 0 Å². The molecule has 3 unspecified atom stereocenters. The first kappa shape index (κ1) is 10.1. The largest absolute Gasteiger partial charge is 0.0622 e. The molecular weight excluding hydrogens is 144 g/mol. The Morgan fingerprint density at radius 3 is 2.08 bits per heavy atom. The molecule has 1 rings (SSSR count). The van der Waals surface area contributed by atoms with Crippen molar-refractivity contribution in [1.29, 1.82) is 0 Å². The summed E-state index contributed by atoms with van der Waals surface area (Å²) in [5, 5.41) is 0. The van der Waals surface area contributed by atoms with Crippen molar-refractivity contribution in [2.75, 3.05) is 0 Å². The third-order valence-corrected chi connectivity index (χ3v) is 3.58. The van der Waals surface area contributed by atoms with E-state index in [9.17, 15) is 0 Å². The molecule has 0 aromatic heterocycles. The van der Waals surface area contributed by atoms with E-state index in [1.165, 1.54) is 19.3 Å². The third-order valence-electron chi connectivity index (χ3n) is 3.58. The molecule has 1 aliphatic rings. The third kappa shape index (κ3) is 2.50. The minimum Gasteiger partial charge on any atom is -0.0622 e. The molecule has 0 nitrogen and oxygen atoms in total. The van der Waals surface area contributed by atoms with Gasteiger partial charge < -0.3 is 0 Å². The van der Waals surface area contributed by atoms with Crippen LogP contribution in [0.2, 0.25) is 0 Å². The second-order valence-corrected chi connectivity index (χ2v) is 5.93. The van der Waals surface area contributed by atoms with Crippen molar-refractivity contribution in [3.8, 4) is 0 Å². The Labute approximate surface area is 77.7 Å². The van der Waals surface area contributed by atoms with E-state index in [0.29, 0.717) is 5.41 Å². The molecule has 1 aliphatic carbocycles. The Bertz CT molecular complexity index is 141. The molecule has 0 aliphatic heterocycles. The highest BCUT2D eigenvalue weighted by molar-refractivity contribution is 4.84. The molecule has 0 N–H and O–H groups in total. The van der Waals surface area contributed by atoms with Crippen LogP contribution in [-0.4, -0.2) is 0 Å². The quantitative estimate of drug-likeness (QED) is 0.582. The Kier molecular flexibility index (Phi) is 2.85. The molecule has 0 saturated heterocycles. The summed E-state index contributed by atoms with van der Waals surface area (Å²) >= 11 is 0. The van der Waals surface area contributed by atoms with Gasteiger partial charge in [0.1, 0.15) is 0 Å². The fourth-order valence-corrected chi connectivity index (χ4v) is 2.17. The van der Waals surface area contributed by atoms with E-state index in [0.717, 1.165) is 17.8 Å². The van der Waals surface area contributed by atoms with E-state index in [1.807, 2.05) is 0 Å². The van der Waals surface area contributed by atoms with Crippen molar-refractivity contribution in [2.24, 2.45) is 23.2 Å². The molecule has 0 aromatic carbocycles. The fraction of sp³-hybridized carbons (Fsp3) is 1.00. The van der Waals surface area contributed by atoms with Crippen molar-refractivity contribution in [3.05, 3.63) is 0 Å². The van der Waals surface area contributed by atoms with Gasteiger partial charge in [0.2, 0.25) is 0 Å². The molecule has 0 aromatic rings. The van der Waals surface area contributed by atoms with E-state index < -0.39 is 0 Å². The first-order valence-corrected chi connectivity index (χ1v) is 5.40. The van der Waals surface area contributed by atoms with Crippen LogP contribution in [0.4, 0.5) is 0 Å². The summed E-state index contributed by atoms with van der Waals surface area (Å²) in [4.78, 5) is 0. The summed E-state index contributed by atoms with van der Waals surface area (Å²) in [6, 6.07) is 0. The van der Waals surface area contributed by atoms with Gasteiger partial charge in [0.15, 0.2) is 0 Å². The van der Waals surface area contributed by atoms with Gasteiger partial charge >= 0.3 is 0 Å². The summed E-state index contributed by atoms with van der Waals surface area (Å²) < 4.78 is 0. The zero-order valence-corrected chi connectivity index (χ0v) is 9.35. The van der Waals surface area contributed by atoms with Crippen molar-refractivity contribution in [1.82, 2.24) is 0 Å². The molecular formula is C12H24. The van der Waals surface area contributed by atoms with Gasteiger partial charge in [-0.05, 0) is 42.4 Å². The van der Waals surface area contributed by atoms with Gasteiger partial charge in [-0.3, -0.25) is 0 Å². The zero-order chi connectivity index (χ0) is 9.35. The summed E-state index contributed by atoms with van der Waals surface area (Å²) in [5.74, 6) is 3.03. The van der Waals surface area contributed by atoms with Crippen molar-refractivity contribution < 1.29 is 0 Å². The van der Waals surface area contributed by atoms with Crippen LogP contribution in [0, 0.1) is 23.2 Å². The van der Waals surface area contributed by atoms with Gasteiger partial charge in [-0.2, -0.15) is 0 Å². The Morgan fingerprint density at radius 2 is 1.75 bits per heavy atom. The van der Waals surface area contributed by atoms with Gasteiger partial charge in [0.05, 0.1) is 0 Å². The van der Waals surface area contributed by atoms with Crippen LogP contribution < -0.4 is 0 Å². The maximum atomic E-state index is 2.42. The first-order chi connectivity index (χ1) is 5.40. The highest BCUT2D eigenvalue weighted by atomic mass is 14.4. The molecule has 0 bridgehead atoms. The van der Waals surface area contributed by atoms with Crippen LogP contribution in [0.1, 0.15) is 53.9 Å². The van der Waals surface area contributed by atoms with E-state index in [1.54, 1.807) is 0 Å². The molecule has 0 spiro atoms. The summed E-state index contributed by atoms with van der Waals surface area (Å²) in [6.07, 6.45) is 4.33. The molecule has 0 radical (unpaired) electrons. The van der Waals surface area contributed by atoms with Crippen LogP contribution in [0.25, 0.3) is 0 Å². The average Bonchev–Trinajstić information content (AvgIpc) is 1.95. The van der Waals surface area contributed by atoms with Crippen LogP contribution >= 0.6 is 0 Å². The molecule has 0 heterocycles. The van der Waals surface area contributed by atoms with Gasteiger partial charge in [-0.1, -0.05) is 34.6 Å². The Hall–Kier alpha value is 0. The van der Waals surface area contributed by atoms with Crippen LogP contribution in [0.5, 0.6) is 0 Å². The van der Waals surface area contributed by atoms with Crippen LogP contribution in [-0.2, 0) is 0 Å². The second kappa shape index (κ2) is 3.40. The lowest BCUT2D eigenvalue weighted by Gasteiger charge is -2.42. The van der Waals surface area contributed by atoms with Crippen LogP contribution in [0.15, 0.2) is 0 Å². The van der Waals surface area contributed by atoms with Crippen molar-refractivity contribution >= 4 is 0 Å². The van der Waals surface area contributed by atoms with Gasteiger partial charge in [0, 0.05) is 0 Å². The number of hydrogen-bond donors (Lipinski definition) is 0. The molecule has 72 valence electrons. The molecule has 1 saturated carbocycles. The maximum absolute atomic E-state index is 2.42. The molecule has 0 heteroatoms. The lowest BCUT2D eigenvalue weighted by atomic mass is 9.64. The number of rotatable bonds is 2. The minimum atomic E-state index is 0.540. The highest BCUT2D eigenvalue weighted by Crippen LogP contribution is 2.43. The standard InChI is InChI=1S/C12H24/c1-9-8-11(10(9)2)6-7-12(3,4)5/h9-11H,6-8H2,1-5H3. The lowest BCUT2D eigenvalue weighted by Crippen LogP contribution is -2.33. The SMILES string of the molecule is CC1CC(CCC(C)(C)C)C1C. The van der Waals surface area contributed by atoms with E-state index in [2.05, 4.69) is 34.6 Å². The van der Waals surface area contributed by atoms with Gasteiger partial charge in [-0.25, -0.2) is 0 Å². The Balaban J connectivity index is 2.18. The fourth-order valence-electron chi connectivity index (χ4n) is 2.17. The topological polar surface area (TPSA) is 0 Å². The number of hydrogen-bond acceptors (Lipinski definition) is 0. The highest BCUT2D eigenvalue weighted by Gasteiger charge is 2.34. The lowest BCUT2D eigenvalue weighted by molar-refractivity contribution is 0.0832. The normalized spacial score (nSPS) is 36.2. The summed E-state index contributed by atoms with van der Waals surface area (Å²) in [6.45, 7) is 11.8. The monoisotopic (exact) mass is 168 g/mol. The summed E-state index contributed by atoms with van der Waals surface area (Å²) in [5.41, 5.74) is 0.540. The molecule has 0 amide bonds. The van der Waals surface area contributed by atoms with E-state index >= 15 is 0 Å². The summed E-state index contributed by atoms with van der Waals surface area (Å²) in [7, 11) is 0. The first-order valence-electron chi connectivity index (χ1n) is 5.40.